The summed E-state index contributed by atoms with van der Waals surface area (Å²) in [5, 5.41) is 3.49. The molecule has 0 heterocycles. The highest BCUT2D eigenvalue weighted by molar-refractivity contribution is 4.85. The van der Waals surface area contributed by atoms with Crippen molar-refractivity contribution in [1.82, 2.24) is 5.32 Å². The van der Waals surface area contributed by atoms with Crippen LogP contribution in [0, 0.1) is 23.7 Å². The SMILES string of the molecule is CC=CCC(C(C)CNCC)C(C)CC(C)C. The molecule has 0 saturated heterocycles. The van der Waals surface area contributed by atoms with Gasteiger partial charge in [0.05, 0.1) is 0 Å². The third kappa shape index (κ3) is 7.59. The molecule has 1 N–H and O–H groups in total. The van der Waals surface area contributed by atoms with E-state index in [0.717, 1.165) is 36.8 Å². The first-order chi connectivity index (χ1) is 8.02. The van der Waals surface area contributed by atoms with E-state index in [1.165, 1.54) is 12.8 Å². The molecule has 0 aliphatic heterocycles. The van der Waals surface area contributed by atoms with Crippen LogP contribution in [-0.4, -0.2) is 13.1 Å². The van der Waals surface area contributed by atoms with Crippen molar-refractivity contribution in [3.63, 3.8) is 0 Å². The molecule has 0 aromatic rings. The molecule has 0 aromatic carbocycles. The summed E-state index contributed by atoms with van der Waals surface area (Å²) >= 11 is 0. The van der Waals surface area contributed by atoms with Crippen molar-refractivity contribution in [3.8, 4) is 0 Å². The Bertz CT molecular complexity index is 196. The Hall–Kier alpha value is -0.300. The average molecular weight is 239 g/mol. The summed E-state index contributed by atoms with van der Waals surface area (Å²) in [5.74, 6) is 3.21. The van der Waals surface area contributed by atoms with Gasteiger partial charge in [-0.15, -0.1) is 0 Å². The predicted molar refractivity (Wildman–Crippen MR) is 79.2 cm³/mol. The molecule has 0 saturated carbocycles. The Balaban J connectivity index is 4.38. The minimum absolute atomic E-state index is 0.764. The van der Waals surface area contributed by atoms with Crippen LogP contribution >= 0.6 is 0 Å². The minimum Gasteiger partial charge on any atom is -0.317 e. The van der Waals surface area contributed by atoms with Crippen LogP contribution < -0.4 is 5.32 Å². The normalized spacial score (nSPS) is 17.6. The van der Waals surface area contributed by atoms with Gasteiger partial charge in [0.1, 0.15) is 0 Å². The number of hydrogen-bond donors (Lipinski definition) is 1. The van der Waals surface area contributed by atoms with Crippen molar-refractivity contribution >= 4 is 0 Å². The van der Waals surface area contributed by atoms with Crippen LogP contribution in [0.1, 0.15) is 54.4 Å². The van der Waals surface area contributed by atoms with Crippen molar-refractivity contribution < 1.29 is 0 Å². The second-order valence-electron chi connectivity index (χ2n) is 5.86. The van der Waals surface area contributed by atoms with E-state index in [-0.39, 0.29) is 0 Å². The van der Waals surface area contributed by atoms with Crippen molar-refractivity contribution in [2.45, 2.75) is 54.4 Å². The van der Waals surface area contributed by atoms with Gasteiger partial charge in [0.2, 0.25) is 0 Å². The highest BCUT2D eigenvalue weighted by atomic mass is 14.8. The largest absolute Gasteiger partial charge is 0.317 e. The molecular weight excluding hydrogens is 206 g/mol. The fraction of sp³-hybridized carbons (Fsp3) is 0.875. The molecule has 0 spiro atoms. The average Bonchev–Trinajstić information content (AvgIpc) is 2.25. The summed E-state index contributed by atoms with van der Waals surface area (Å²) in [7, 11) is 0. The Labute approximate surface area is 109 Å². The molecular formula is C16H33N. The smallest absolute Gasteiger partial charge is 0.00204 e. The lowest BCUT2D eigenvalue weighted by atomic mass is 9.77. The number of nitrogens with one attached hydrogen (secondary N) is 1. The molecule has 102 valence electrons. The quantitative estimate of drug-likeness (QED) is 0.584. The van der Waals surface area contributed by atoms with Gasteiger partial charge in [0.15, 0.2) is 0 Å². The van der Waals surface area contributed by atoms with E-state index in [2.05, 4.69) is 59.0 Å². The van der Waals surface area contributed by atoms with Gasteiger partial charge in [-0.25, -0.2) is 0 Å². The first-order valence-corrected chi connectivity index (χ1v) is 7.34. The second kappa shape index (κ2) is 9.70. The van der Waals surface area contributed by atoms with Gasteiger partial charge in [-0.05, 0) is 56.5 Å². The Morgan fingerprint density at radius 2 is 1.71 bits per heavy atom. The van der Waals surface area contributed by atoms with Crippen molar-refractivity contribution in [1.29, 1.82) is 0 Å². The maximum atomic E-state index is 3.49. The van der Waals surface area contributed by atoms with Crippen molar-refractivity contribution in [2.24, 2.45) is 23.7 Å². The standard InChI is InChI=1S/C16H33N/c1-7-9-10-16(14(5)11-13(3)4)15(6)12-17-8-2/h7,9,13-17H,8,10-12H2,1-6H3. The fourth-order valence-corrected chi connectivity index (χ4v) is 2.76. The molecule has 3 atom stereocenters. The van der Waals surface area contributed by atoms with E-state index >= 15 is 0 Å². The summed E-state index contributed by atoms with van der Waals surface area (Å²) in [6.45, 7) is 16.0. The van der Waals surface area contributed by atoms with E-state index in [4.69, 9.17) is 0 Å². The molecule has 0 fully saturated rings. The van der Waals surface area contributed by atoms with Gasteiger partial charge in [-0.2, -0.15) is 0 Å². The topological polar surface area (TPSA) is 12.0 Å². The van der Waals surface area contributed by atoms with Gasteiger partial charge in [0, 0.05) is 0 Å². The van der Waals surface area contributed by atoms with Crippen LogP contribution in [0.2, 0.25) is 0 Å². The summed E-state index contributed by atoms with van der Waals surface area (Å²) in [5.41, 5.74) is 0. The van der Waals surface area contributed by atoms with E-state index in [1.807, 2.05) is 0 Å². The van der Waals surface area contributed by atoms with Crippen molar-refractivity contribution in [2.75, 3.05) is 13.1 Å². The van der Waals surface area contributed by atoms with E-state index in [9.17, 15) is 0 Å². The molecule has 1 nitrogen and oxygen atoms in total. The van der Waals surface area contributed by atoms with E-state index < -0.39 is 0 Å². The Kier molecular flexibility index (Phi) is 9.53. The lowest BCUT2D eigenvalue weighted by Crippen LogP contribution is -2.30. The zero-order chi connectivity index (χ0) is 13.3. The minimum atomic E-state index is 0.764. The summed E-state index contributed by atoms with van der Waals surface area (Å²) in [4.78, 5) is 0. The number of hydrogen-bond acceptors (Lipinski definition) is 1. The third-order valence-corrected chi connectivity index (χ3v) is 3.67. The molecule has 0 radical (unpaired) electrons. The molecule has 0 bridgehead atoms. The van der Waals surface area contributed by atoms with Crippen LogP contribution in [0.5, 0.6) is 0 Å². The first kappa shape index (κ1) is 16.7. The second-order valence-corrected chi connectivity index (χ2v) is 5.86. The molecule has 0 rings (SSSR count). The molecule has 0 aliphatic rings. The molecule has 17 heavy (non-hydrogen) atoms. The summed E-state index contributed by atoms with van der Waals surface area (Å²) in [6.07, 6.45) is 7.11. The maximum absolute atomic E-state index is 3.49. The van der Waals surface area contributed by atoms with Gasteiger partial charge in [-0.1, -0.05) is 46.8 Å². The predicted octanol–water partition coefficient (Wildman–Crippen LogP) is 4.50. The van der Waals surface area contributed by atoms with E-state index in [0.29, 0.717) is 0 Å². The Morgan fingerprint density at radius 1 is 1.06 bits per heavy atom. The highest BCUT2D eigenvalue weighted by Crippen LogP contribution is 2.29. The van der Waals surface area contributed by atoms with E-state index in [1.54, 1.807) is 0 Å². The number of rotatable bonds is 9. The number of allylic oxidation sites excluding steroid dienone is 2. The molecule has 0 aromatic heterocycles. The molecule has 0 aliphatic carbocycles. The van der Waals surface area contributed by atoms with Crippen LogP contribution in [0.25, 0.3) is 0 Å². The molecule has 3 unspecified atom stereocenters. The Morgan fingerprint density at radius 3 is 2.18 bits per heavy atom. The summed E-state index contributed by atoms with van der Waals surface area (Å²) < 4.78 is 0. The van der Waals surface area contributed by atoms with Crippen molar-refractivity contribution in [3.05, 3.63) is 12.2 Å². The zero-order valence-corrected chi connectivity index (χ0v) is 12.8. The molecule has 0 amide bonds. The van der Waals surface area contributed by atoms with Crippen LogP contribution in [0.15, 0.2) is 12.2 Å². The highest BCUT2D eigenvalue weighted by Gasteiger charge is 2.22. The molecule has 1 heteroatoms. The fourth-order valence-electron chi connectivity index (χ4n) is 2.76. The lowest BCUT2D eigenvalue weighted by molar-refractivity contribution is 0.222. The van der Waals surface area contributed by atoms with Gasteiger partial charge in [-0.3, -0.25) is 0 Å². The van der Waals surface area contributed by atoms with Crippen LogP contribution in [-0.2, 0) is 0 Å². The van der Waals surface area contributed by atoms with Crippen LogP contribution in [0.4, 0.5) is 0 Å². The maximum Gasteiger partial charge on any atom is -0.00204 e. The zero-order valence-electron chi connectivity index (χ0n) is 12.8. The van der Waals surface area contributed by atoms with Gasteiger partial charge in [0.25, 0.3) is 0 Å². The summed E-state index contributed by atoms with van der Waals surface area (Å²) in [6, 6.07) is 0. The first-order valence-electron chi connectivity index (χ1n) is 7.34. The van der Waals surface area contributed by atoms with Gasteiger partial charge >= 0.3 is 0 Å². The lowest BCUT2D eigenvalue weighted by Gasteiger charge is -2.30. The van der Waals surface area contributed by atoms with Gasteiger partial charge < -0.3 is 5.32 Å². The van der Waals surface area contributed by atoms with Crippen LogP contribution in [0.3, 0.4) is 0 Å². The third-order valence-electron chi connectivity index (χ3n) is 3.67. The monoisotopic (exact) mass is 239 g/mol.